The predicted molar refractivity (Wildman–Crippen MR) is 81.5 cm³/mol. The molecule has 0 aliphatic heterocycles. The van der Waals surface area contributed by atoms with Crippen molar-refractivity contribution in [3.05, 3.63) is 46.4 Å². The molecule has 0 unspecified atom stereocenters. The van der Waals surface area contributed by atoms with Crippen LogP contribution in [0.5, 0.6) is 0 Å². The van der Waals surface area contributed by atoms with Gasteiger partial charge in [-0.05, 0) is 35.4 Å². The second-order valence-corrected chi connectivity index (χ2v) is 7.83. The molecule has 2 aromatic carbocycles. The zero-order valence-corrected chi connectivity index (χ0v) is 13.7. The van der Waals surface area contributed by atoms with E-state index in [9.17, 15) is 16.8 Å². The molecule has 2 aromatic rings. The Hall–Kier alpha value is -1.16. The molecule has 22 heavy (non-hydrogen) atoms. The van der Waals surface area contributed by atoms with Gasteiger partial charge in [0.15, 0.2) is 0 Å². The van der Waals surface area contributed by atoms with Gasteiger partial charge >= 0.3 is 0 Å². The Labute approximate surface area is 136 Å². The van der Waals surface area contributed by atoms with Crippen molar-refractivity contribution in [3.8, 4) is 11.1 Å². The first-order chi connectivity index (χ1) is 10.00. The van der Waals surface area contributed by atoms with Gasteiger partial charge in [0.2, 0.25) is 0 Å². The van der Waals surface area contributed by atoms with E-state index in [1.807, 2.05) is 0 Å². The average Bonchev–Trinajstić information content (AvgIpc) is 2.37. The van der Waals surface area contributed by atoms with Crippen LogP contribution in [0.15, 0.2) is 46.2 Å². The lowest BCUT2D eigenvalue weighted by molar-refractivity contribution is 0.481. The van der Waals surface area contributed by atoms with E-state index in [0.29, 0.717) is 0 Å². The van der Waals surface area contributed by atoms with Crippen molar-refractivity contribution in [2.24, 2.45) is 0 Å². The summed E-state index contributed by atoms with van der Waals surface area (Å²) in [6.45, 7) is 0. The van der Waals surface area contributed by atoms with Crippen molar-refractivity contribution in [1.29, 1.82) is 0 Å². The van der Waals surface area contributed by atoms with Gasteiger partial charge in [0.25, 0.3) is 20.2 Å². The summed E-state index contributed by atoms with van der Waals surface area (Å²) in [5, 5.41) is -0.370. The number of halogens is 2. The van der Waals surface area contributed by atoms with Gasteiger partial charge in [-0.2, -0.15) is 16.8 Å². The van der Waals surface area contributed by atoms with E-state index in [-0.39, 0.29) is 21.2 Å². The third kappa shape index (κ3) is 3.60. The maximum absolute atomic E-state index is 11.2. The highest BCUT2D eigenvalue weighted by atomic mass is 35.5. The van der Waals surface area contributed by atoms with Crippen molar-refractivity contribution in [2.45, 2.75) is 9.79 Å². The van der Waals surface area contributed by atoms with E-state index in [1.54, 1.807) is 0 Å². The fourth-order valence-corrected chi connectivity index (χ4v) is 3.76. The summed E-state index contributed by atoms with van der Waals surface area (Å²) < 4.78 is 63.1. The highest BCUT2D eigenvalue weighted by Gasteiger charge is 2.18. The maximum Gasteiger partial charge on any atom is 0.296 e. The van der Waals surface area contributed by atoms with Gasteiger partial charge in [-0.1, -0.05) is 35.3 Å². The summed E-state index contributed by atoms with van der Waals surface area (Å²) >= 11 is 11.4. The minimum absolute atomic E-state index is 0.185. The van der Waals surface area contributed by atoms with Crippen molar-refractivity contribution in [2.75, 3.05) is 0 Å². The molecule has 0 heterocycles. The van der Waals surface area contributed by atoms with Crippen LogP contribution in [-0.2, 0) is 20.2 Å². The first-order valence-corrected chi connectivity index (χ1v) is 9.18. The molecule has 0 amide bonds. The molecule has 0 saturated heterocycles. The first kappa shape index (κ1) is 17.2. The molecule has 10 heteroatoms. The van der Waals surface area contributed by atoms with Crippen molar-refractivity contribution in [1.82, 2.24) is 0 Å². The molecule has 2 N–H and O–H groups in total. The van der Waals surface area contributed by atoms with Crippen LogP contribution in [0.25, 0.3) is 11.1 Å². The van der Waals surface area contributed by atoms with Gasteiger partial charge in [-0.3, -0.25) is 9.11 Å². The number of benzene rings is 2. The summed E-state index contributed by atoms with van der Waals surface area (Å²) in [5.41, 5.74) is 0.525. The predicted octanol–water partition coefficient (Wildman–Crippen LogP) is 3.15. The summed E-state index contributed by atoms with van der Waals surface area (Å²) in [7, 11) is -9.07. The summed E-state index contributed by atoms with van der Waals surface area (Å²) in [6, 6.07) is 7.48. The average molecular weight is 383 g/mol. The molecule has 6 nitrogen and oxygen atoms in total. The molecule has 0 bridgehead atoms. The number of hydrogen-bond acceptors (Lipinski definition) is 4. The van der Waals surface area contributed by atoms with Crippen LogP contribution < -0.4 is 0 Å². The third-order valence-corrected chi connectivity index (χ3v) is 5.42. The van der Waals surface area contributed by atoms with Gasteiger partial charge in [0.1, 0.15) is 9.79 Å². The van der Waals surface area contributed by atoms with E-state index in [4.69, 9.17) is 32.3 Å². The van der Waals surface area contributed by atoms with Gasteiger partial charge in [0, 0.05) is 0 Å². The fraction of sp³-hybridized carbons (Fsp3) is 0. The Morgan fingerprint density at radius 1 is 0.682 bits per heavy atom. The van der Waals surface area contributed by atoms with Crippen LogP contribution >= 0.6 is 23.2 Å². The molecule has 118 valence electrons. The molecule has 0 aromatic heterocycles. The fourth-order valence-electron chi connectivity index (χ4n) is 1.76. The second-order valence-electron chi connectivity index (χ2n) is 4.24. The van der Waals surface area contributed by atoms with Crippen LogP contribution in [0.4, 0.5) is 0 Å². The lowest BCUT2D eigenvalue weighted by Crippen LogP contribution is -2.01. The van der Waals surface area contributed by atoms with Crippen LogP contribution in [-0.4, -0.2) is 25.9 Å². The standard InChI is InChI=1S/C12H8Cl2O6S2/c13-9-3-1-7(5-11(9)21(15,16)17)8-2-4-10(14)12(6-8)22(18,19)20/h1-6H,(H,15,16,17)(H,18,19,20). The highest BCUT2D eigenvalue weighted by Crippen LogP contribution is 2.31. The smallest absolute Gasteiger partial charge is 0.282 e. The molecule has 0 saturated carbocycles. The third-order valence-electron chi connectivity index (χ3n) is 2.75. The normalized spacial score (nSPS) is 12.4. The van der Waals surface area contributed by atoms with Crippen LogP contribution in [0.2, 0.25) is 10.0 Å². The first-order valence-electron chi connectivity index (χ1n) is 5.54. The van der Waals surface area contributed by atoms with Crippen molar-refractivity contribution < 1.29 is 25.9 Å². The SMILES string of the molecule is O=S(=O)(O)c1cc(-c2ccc(Cl)c(S(=O)(=O)O)c2)ccc1Cl. The van der Waals surface area contributed by atoms with E-state index in [0.717, 1.165) is 12.1 Å². The van der Waals surface area contributed by atoms with Gasteiger partial charge < -0.3 is 0 Å². The number of rotatable bonds is 3. The van der Waals surface area contributed by atoms with Crippen LogP contribution in [0.3, 0.4) is 0 Å². The molecule has 0 fully saturated rings. The van der Waals surface area contributed by atoms with E-state index in [2.05, 4.69) is 0 Å². The van der Waals surface area contributed by atoms with E-state index < -0.39 is 30.0 Å². The minimum atomic E-state index is -4.54. The summed E-state index contributed by atoms with van der Waals surface area (Å²) in [4.78, 5) is -1.04. The zero-order valence-electron chi connectivity index (χ0n) is 10.6. The second kappa shape index (κ2) is 5.80. The lowest BCUT2D eigenvalue weighted by Gasteiger charge is -2.08. The molecule has 0 atom stereocenters. The zero-order chi connectivity index (χ0) is 16.7. The molecule has 0 aliphatic carbocycles. The maximum atomic E-state index is 11.2. The topological polar surface area (TPSA) is 109 Å². The van der Waals surface area contributed by atoms with Crippen LogP contribution in [0.1, 0.15) is 0 Å². The molecular weight excluding hydrogens is 375 g/mol. The highest BCUT2D eigenvalue weighted by molar-refractivity contribution is 7.86. The molecular formula is C12H8Cl2O6S2. The van der Waals surface area contributed by atoms with Gasteiger partial charge in [0.05, 0.1) is 10.0 Å². The van der Waals surface area contributed by atoms with Crippen molar-refractivity contribution in [3.63, 3.8) is 0 Å². The molecule has 0 spiro atoms. The summed E-state index contributed by atoms with van der Waals surface area (Å²) in [5.74, 6) is 0. The molecule has 0 aliphatic rings. The quantitative estimate of drug-likeness (QED) is 0.789. The van der Waals surface area contributed by atoms with Crippen LogP contribution in [0, 0.1) is 0 Å². The Balaban J connectivity index is 2.69. The van der Waals surface area contributed by atoms with Gasteiger partial charge in [-0.15, -0.1) is 0 Å². The van der Waals surface area contributed by atoms with E-state index in [1.165, 1.54) is 24.3 Å². The Morgan fingerprint density at radius 3 is 1.27 bits per heavy atom. The Morgan fingerprint density at radius 2 is 1.00 bits per heavy atom. The monoisotopic (exact) mass is 382 g/mol. The molecule has 0 radical (unpaired) electrons. The molecule has 2 rings (SSSR count). The minimum Gasteiger partial charge on any atom is -0.282 e. The lowest BCUT2D eigenvalue weighted by atomic mass is 10.1. The number of hydrogen-bond donors (Lipinski definition) is 2. The van der Waals surface area contributed by atoms with Crippen molar-refractivity contribution >= 4 is 43.4 Å². The Kier molecular flexibility index (Phi) is 4.54. The Bertz CT molecular complexity index is 872. The summed E-state index contributed by atoms with van der Waals surface area (Å²) in [6.07, 6.45) is 0. The van der Waals surface area contributed by atoms with Gasteiger partial charge in [-0.25, -0.2) is 0 Å². The van der Waals surface area contributed by atoms with E-state index >= 15 is 0 Å². The largest absolute Gasteiger partial charge is 0.296 e.